The van der Waals surface area contributed by atoms with Gasteiger partial charge < -0.3 is 5.11 Å². The molecule has 0 fully saturated rings. The fraction of sp³-hybridized carbons (Fsp3) is 0.381. The molecule has 0 saturated carbocycles. The van der Waals surface area contributed by atoms with Gasteiger partial charge in [-0.15, -0.1) is 0 Å². The highest BCUT2D eigenvalue weighted by atomic mass is 16.3. The Balaban J connectivity index is 1.83. The van der Waals surface area contributed by atoms with Crippen molar-refractivity contribution < 1.29 is 9.68 Å². The van der Waals surface area contributed by atoms with Crippen LogP contribution >= 0.6 is 0 Å². The van der Waals surface area contributed by atoms with Gasteiger partial charge in [0, 0.05) is 12.0 Å². The summed E-state index contributed by atoms with van der Waals surface area (Å²) in [6.07, 6.45) is 4.70. The molecule has 0 aliphatic carbocycles. The zero-order chi connectivity index (χ0) is 16.6. The average molecular weight is 321 g/mol. The third-order valence-electron chi connectivity index (χ3n) is 5.26. The zero-order valence-electron chi connectivity index (χ0n) is 14.3. The van der Waals surface area contributed by atoms with Gasteiger partial charge in [0.05, 0.1) is 6.54 Å². The van der Waals surface area contributed by atoms with Crippen molar-refractivity contribution in [1.82, 2.24) is 0 Å². The van der Waals surface area contributed by atoms with Gasteiger partial charge in [-0.05, 0) is 38.3 Å². The van der Waals surface area contributed by atoms with Crippen LogP contribution in [0.4, 0.5) is 5.69 Å². The molecular weight excluding hydrogens is 296 g/mol. The molecule has 3 nitrogen and oxygen atoms in total. The van der Waals surface area contributed by atoms with Gasteiger partial charge in [0.1, 0.15) is 5.69 Å². The van der Waals surface area contributed by atoms with E-state index in [4.69, 9.17) is 0 Å². The smallest absolute Gasteiger partial charge is 0.275 e. The predicted molar refractivity (Wildman–Crippen MR) is 97.5 cm³/mol. The van der Waals surface area contributed by atoms with Gasteiger partial charge in [0.25, 0.3) is 11.6 Å². The van der Waals surface area contributed by atoms with E-state index in [1.165, 1.54) is 30.7 Å². The van der Waals surface area contributed by atoms with E-state index >= 15 is 0 Å². The number of anilines is 1. The molecular formula is C21H25N2O+. The minimum atomic E-state index is -0.998. The summed E-state index contributed by atoms with van der Waals surface area (Å²) < 4.78 is 2.39. The summed E-state index contributed by atoms with van der Waals surface area (Å²) in [6.45, 7) is 3.76. The lowest BCUT2D eigenvalue weighted by molar-refractivity contribution is -0.534. The van der Waals surface area contributed by atoms with E-state index in [9.17, 15) is 5.11 Å². The molecule has 2 aromatic carbocycles. The molecule has 1 unspecified atom stereocenters. The van der Waals surface area contributed by atoms with Crippen molar-refractivity contribution in [1.29, 1.82) is 0 Å². The summed E-state index contributed by atoms with van der Waals surface area (Å²) in [5.74, 6) is 1.27. The number of aliphatic hydroxyl groups is 1. The van der Waals surface area contributed by atoms with Crippen LogP contribution in [0.5, 0.6) is 0 Å². The lowest BCUT2D eigenvalue weighted by Gasteiger charge is -2.29. The molecule has 0 radical (unpaired) electrons. The summed E-state index contributed by atoms with van der Waals surface area (Å²) in [4.78, 5) is 2.17. The molecule has 24 heavy (non-hydrogen) atoms. The first-order chi connectivity index (χ1) is 11.7. The Bertz CT molecular complexity index is 751. The van der Waals surface area contributed by atoms with E-state index in [-0.39, 0.29) is 0 Å². The second kappa shape index (κ2) is 6.06. The van der Waals surface area contributed by atoms with Gasteiger partial charge in [-0.2, -0.15) is 4.90 Å². The van der Waals surface area contributed by atoms with E-state index in [1.807, 2.05) is 18.2 Å². The number of benzene rings is 2. The van der Waals surface area contributed by atoms with Crippen molar-refractivity contribution in [3.63, 3.8) is 0 Å². The first-order valence-electron chi connectivity index (χ1n) is 8.94. The molecule has 0 bridgehead atoms. The average Bonchev–Trinajstić information content (AvgIpc) is 2.73. The molecule has 2 aromatic rings. The molecule has 2 aliphatic rings. The fourth-order valence-electron chi connectivity index (χ4n) is 4.00. The van der Waals surface area contributed by atoms with E-state index < -0.39 is 5.72 Å². The molecule has 3 heteroatoms. The van der Waals surface area contributed by atoms with E-state index in [2.05, 4.69) is 52.8 Å². The molecule has 1 N–H and O–H groups in total. The topological polar surface area (TPSA) is 26.5 Å². The summed E-state index contributed by atoms with van der Waals surface area (Å²) in [7, 11) is 0. The minimum absolute atomic E-state index is 0.639. The molecule has 2 heterocycles. The van der Waals surface area contributed by atoms with E-state index in [1.54, 1.807) is 0 Å². The van der Waals surface area contributed by atoms with E-state index in [0.717, 1.165) is 24.2 Å². The van der Waals surface area contributed by atoms with Gasteiger partial charge in [-0.1, -0.05) is 48.0 Å². The second-order valence-electron chi connectivity index (χ2n) is 7.00. The first-order valence-corrected chi connectivity index (χ1v) is 8.94. The first kappa shape index (κ1) is 15.4. The molecule has 2 aliphatic heterocycles. The Kier molecular flexibility index (Phi) is 3.89. The number of aryl methyl sites for hydroxylation is 1. The minimum Gasteiger partial charge on any atom is -0.346 e. The Morgan fingerprint density at radius 1 is 0.958 bits per heavy atom. The molecule has 1 atom stereocenters. The van der Waals surface area contributed by atoms with Crippen molar-refractivity contribution in [2.45, 2.75) is 38.3 Å². The van der Waals surface area contributed by atoms with Crippen LogP contribution in [-0.4, -0.2) is 28.6 Å². The molecule has 4 rings (SSSR count). The summed E-state index contributed by atoms with van der Waals surface area (Å²) in [5, 5.41) is 11.8. The third-order valence-corrected chi connectivity index (χ3v) is 5.26. The molecule has 0 amide bonds. The lowest BCUT2D eigenvalue weighted by atomic mass is 9.99. The van der Waals surface area contributed by atoms with Crippen LogP contribution < -0.4 is 4.90 Å². The van der Waals surface area contributed by atoms with Crippen molar-refractivity contribution in [3.8, 4) is 0 Å². The van der Waals surface area contributed by atoms with Crippen LogP contribution in [0.25, 0.3) is 0 Å². The predicted octanol–water partition coefficient (Wildman–Crippen LogP) is 3.65. The van der Waals surface area contributed by atoms with Crippen molar-refractivity contribution in [3.05, 3.63) is 65.7 Å². The number of nitrogens with zero attached hydrogens (tertiary/aromatic N) is 2. The van der Waals surface area contributed by atoms with Crippen LogP contribution in [0.1, 0.15) is 36.8 Å². The normalized spacial score (nSPS) is 24.0. The van der Waals surface area contributed by atoms with Gasteiger partial charge in [0.2, 0.25) is 0 Å². The molecule has 0 saturated heterocycles. The van der Waals surface area contributed by atoms with Crippen LogP contribution in [0.2, 0.25) is 0 Å². The largest absolute Gasteiger partial charge is 0.346 e. The number of rotatable bonds is 2. The monoisotopic (exact) mass is 321 g/mol. The van der Waals surface area contributed by atoms with Crippen molar-refractivity contribution in [2.75, 3.05) is 18.0 Å². The SMILES string of the molecule is Cc1ccc(C2(O)C[N+]3=C(CCCCC3)N2c2ccccc2)cc1. The molecule has 124 valence electrons. The van der Waals surface area contributed by atoms with Crippen LogP contribution in [0.15, 0.2) is 54.6 Å². The third kappa shape index (κ3) is 2.53. The zero-order valence-corrected chi connectivity index (χ0v) is 14.3. The van der Waals surface area contributed by atoms with Crippen LogP contribution in [0.3, 0.4) is 0 Å². The van der Waals surface area contributed by atoms with Crippen LogP contribution in [-0.2, 0) is 5.72 Å². The van der Waals surface area contributed by atoms with E-state index in [0.29, 0.717) is 6.54 Å². The highest BCUT2D eigenvalue weighted by Gasteiger charge is 2.53. The Morgan fingerprint density at radius 3 is 2.46 bits per heavy atom. The fourth-order valence-corrected chi connectivity index (χ4v) is 4.00. The number of hydrogen-bond donors (Lipinski definition) is 1. The Hall–Kier alpha value is -2.13. The van der Waals surface area contributed by atoms with Gasteiger partial charge in [-0.25, -0.2) is 0 Å². The van der Waals surface area contributed by atoms with Gasteiger partial charge >= 0.3 is 0 Å². The van der Waals surface area contributed by atoms with Crippen molar-refractivity contribution in [2.24, 2.45) is 0 Å². The quantitative estimate of drug-likeness (QED) is 0.855. The molecule has 0 aromatic heterocycles. The summed E-state index contributed by atoms with van der Waals surface area (Å²) in [6, 6.07) is 18.6. The van der Waals surface area contributed by atoms with Crippen molar-refractivity contribution >= 4 is 11.5 Å². The summed E-state index contributed by atoms with van der Waals surface area (Å²) >= 11 is 0. The maximum atomic E-state index is 11.8. The second-order valence-corrected chi connectivity index (χ2v) is 7.00. The summed E-state index contributed by atoms with van der Waals surface area (Å²) in [5.41, 5.74) is 2.26. The Labute approximate surface area is 143 Å². The van der Waals surface area contributed by atoms with Gasteiger partial charge in [0.15, 0.2) is 6.54 Å². The maximum absolute atomic E-state index is 11.8. The maximum Gasteiger partial charge on any atom is 0.275 e. The van der Waals surface area contributed by atoms with Crippen LogP contribution in [0, 0.1) is 6.92 Å². The molecule has 0 spiro atoms. The highest BCUT2D eigenvalue weighted by Crippen LogP contribution is 2.37. The standard InChI is InChI=1S/C21H25N2O/c1-17-11-13-18(14-12-17)21(24)16-22-15-7-3-6-10-20(22)23(21)19-8-4-2-5-9-19/h2,4-5,8-9,11-14,24H,3,6-7,10,15-16H2,1H3/q+1. The number of amidine groups is 1. The number of hydrogen-bond acceptors (Lipinski definition) is 2. The Morgan fingerprint density at radius 2 is 1.71 bits per heavy atom. The van der Waals surface area contributed by atoms with Gasteiger partial charge in [-0.3, -0.25) is 4.58 Å². The number of para-hydroxylation sites is 1. The lowest BCUT2D eigenvalue weighted by Crippen LogP contribution is -2.47. The highest BCUT2D eigenvalue weighted by molar-refractivity contribution is 5.97.